The molecule has 0 aliphatic carbocycles. The van der Waals surface area contributed by atoms with E-state index in [9.17, 15) is 22.4 Å². The van der Waals surface area contributed by atoms with Gasteiger partial charge in [-0.1, -0.05) is 19.1 Å². The van der Waals surface area contributed by atoms with Crippen LogP contribution in [0.5, 0.6) is 0 Å². The van der Waals surface area contributed by atoms with Crippen molar-refractivity contribution >= 4 is 23.5 Å². The molecule has 0 atom stereocenters. The fourth-order valence-electron chi connectivity index (χ4n) is 3.30. The van der Waals surface area contributed by atoms with Crippen LogP contribution in [-0.2, 0) is 17.5 Å². The lowest BCUT2D eigenvalue weighted by molar-refractivity contribution is -0.140. The maximum absolute atomic E-state index is 14.3. The van der Waals surface area contributed by atoms with Crippen LogP contribution in [0.25, 0.3) is 0 Å². The Labute approximate surface area is 182 Å². The zero-order valence-electron chi connectivity index (χ0n) is 17.2. The number of amides is 1. The maximum atomic E-state index is 14.3. The number of rotatable bonds is 6. The van der Waals surface area contributed by atoms with Crippen molar-refractivity contribution in [2.75, 3.05) is 37.0 Å². The van der Waals surface area contributed by atoms with Crippen molar-refractivity contribution in [3.05, 3.63) is 52.3 Å². The summed E-state index contributed by atoms with van der Waals surface area (Å²) in [6.45, 7) is 5.94. The molecule has 31 heavy (non-hydrogen) atoms. The first-order valence-electron chi connectivity index (χ1n) is 9.82. The maximum Gasteiger partial charge on any atom is 0.419 e. The molecule has 1 aliphatic heterocycles. The number of aryl methyl sites for hydroxylation is 1. The second kappa shape index (κ2) is 9.86. The molecule has 5 nitrogen and oxygen atoms in total. The van der Waals surface area contributed by atoms with Crippen molar-refractivity contribution < 1.29 is 27.1 Å². The highest BCUT2D eigenvalue weighted by atomic mass is 32.2. The van der Waals surface area contributed by atoms with Gasteiger partial charge in [0.1, 0.15) is 16.7 Å². The number of hydrogen-bond acceptors (Lipinski definition) is 5. The van der Waals surface area contributed by atoms with Gasteiger partial charge in [0.05, 0.1) is 24.3 Å². The topological polar surface area (TPSA) is 54.5 Å². The number of benzene rings is 1. The van der Waals surface area contributed by atoms with E-state index in [-0.39, 0.29) is 12.1 Å². The largest absolute Gasteiger partial charge is 0.419 e. The Morgan fingerprint density at radius 1 is 1.29 bits per heavy atom. The molecule has 2 heterocycles. The number of pyridine rings is 1. The number of morpholine rings is 1. The number of halogens is 4. The summed E-state index contributed by atoms with van der Waals surface area (Å²) in [4.78, 5) is 19.6. The normalized spacial score (nSPS) is 14.6. The van der Waals surface area contributed by atoms with E-state index in [4.69, 9.17) is 4.74 Å². The summed E-state index contributed by atoms with van der Waals surface area (Å²) in [7, 11) is 0. The molecule has 0 spiro atoms. The average Bonchev–Trinajstić information content (AvgIpc) is 2.72. The van der Waals surface area contributed by atoms with Gasteiger partial charge in [0.2, 0.25) is 0 Å². The summed E-state index contributed by atoms with van der Waals surface area (Å²) in [6.07, 6.45) is -4.80. The molecular formula is C21H23F4N3O2S. The summed E-state index contributed by atoms with van der Waals surface area (Å²) in [5.41, 5.74) is -0.552. The number of hydrogen-bond donors (Lipinski definition) is 1. The van der Waals surface area contributed by atoms with E-state index in [1.54, 1.807) is 6.92 Å². The molecule has 1 amide bonds. The number of anilines is 1. The third kappa shape index (κ3) is 5.48. The van der Waals surface area contributed by atoms with Gasteiger partial charge in [-0.05, 0) is 30.4 Å². The second-order valence-corrected chi connectivity index (χ2v) is 8.22. The van der Waals surface area contributed by atoms with Crippen LogP contribution in [0.2, 0.25) is 0 Å². The Balaban J connectivity index is 1.83. The van der Waals surface area contributed by atoms with E-state index in [1.165, 1.54) is 17.8 Å². The molecule has 2 aromatic rings. The molecule has 1 aliphatic rings. The van der Waals surface area contributed by atoms with Gasteiger partial charge < -0.3 is 15.0 Å². The summed E-state index contributed by atoms with van der Waals surface area (Å²) >= 11 is 1.40. The number of nitrogens with zero attached hydrogens (tertiary/aromatic N) is 2. The molecule has 0 unspecified atom stereocenters. The number of thioether (sulfide) groups is 1. The lowest BCUT2D eigenvalue weighted by Gasteiger charge is -2.29. The molecule has 1 aromatic heterocycles. The molecule has 1 aromatic carbocycles. The molecule has 1 saturated heterocycles. The van der Waals surface area contributed by atoms with E-state index in [1.807, 2.05) is 13.0 Å². The lowest BCUT2D eigenvalue weighted by Crippen LogP contribution is -2.37. The van der Waals surface area contributed by atoms with Gasteiger partial charge in [-0.25, -0.2) is 9.37 Å². The Hall–Kier alpha value is -2.33. The molecule has 1 fully saturated rings. The van der Waals surface area contributed by atoms with Gasteiger partial charge in [0, 0.05) is 25.2 Å². The van der Waals surface area contributed by atoms with E-state index in [2.05, 4.69) is 15.2 Å². The third-order valence-electron chi connectivity index (χ3n) is 4.84. The minimum atomic E-state index is -4.80. The fourth-order valence-corrected chi connectivity index (χ4v) is 4.13. The zero-order chi connectivity index (χ0) is 22.6. The molecule has 1 N–H and O–H groups in total. The molecule has 0 bridgehead atoms. The third-order valence-corrected chi connectivity index (χ3v) is 5.69. The van der Waals surface area contributed by atoms with Crippen LogP contribution in [-0.4, -0.2) is 42.9 Å². The van der Waals surface area contributed by atoms with Crippen LogP contribution >= 0.6 is 11.8 Å². The SMILES string of the molecule is CCSc1nc(N2CCOCC2)cc(C)c1C(=O)NCc1cccc(C(F)(F)F)c1F. The summed E-state index contributed by atoms with van der Waals surface area (Å²) < 4.78 is 58.4. The van der Waals surface area contributed by atoms with Crippen molar-refractivity contribution in [3.8, 4) is 0 Å². The van der Waals surface area contributed by atoms with Crippen LogP contribution in [0.3, 0.4) is 0 Å². The van der Waals surface area contributed by atoms with Gasteiger partial charge in [-0.3, -0.25) is 4.79 Å². The number of carbonyl (C=O) groups is 1. The Bertz CT molecular complexity index is 947. The van der Waals surface area contributed by atoms with Crippen LogP contribution < -0.4 is 10.2 Å². The van der Waals surface area contributed by atoms with Gasteiger partial charge in [0.15, 0.2) is 0 Å². The summed E-state index contributed by atoms with van der Waals surface area (Å²) in [6, 6.07) is 4.83. The number of alkyl halides is 3. The first kappa shape index (κ1) is 23.3. The average molecular weight is 457 g/mol. The van der Waals surface area contributed by atoms with Crippen molar-refractivity contribution in [2.45, 2.75) is 31.6 Å². The van der Waals surface area contributed by atoms with E-state index in [0.29, 0.717) is 54.3 Å². The molecule has 168 valence electrons. The molecule has 3 rings (SSSR count). The number of carbonyl (C=O) groups excluding carboxylic acids is 1. The van der Waals surface area contributed by atoms with E-state index < -0.39 is 23.5 Å². The monoisotopic (exact) mass is 457 g/mol. The summed E-state index contributed by atoms with van der Waals surface area (Å²) in [5, 5.41) is 3.07. The van der Waals surface area contributed by atoms with Crippen LogP contribution in [0.15, 0.2) is 29.3 Å². The van der Waals surface area contributed by atoms with Crippen molar-refractivity contribution in [2.24, 2.45) is 0 Å². The minimum Gasteiger partial charge on any atom is -0.378 e. The smallest absolute Gasteiger partial charge is 0.378 e. The van der Waals surface area contributed by atoms with Gasteiger partial charge in [-0.15, -0.1) is 11.8 Å². The molecule has 0 saturated carbocycles. The van der Waals surface area contributed by atoms with Crippen molar-refractivity contribution in [1.29, 1.82) is 0 Å². The molecule has 0 radical (unpaired) electrons. The zero-order valence-corrected chi connectivity index (χ0v) is 18.0. The first-order chi connectivity index (χ1) is 14.7. The standard InChI is InChI=1S/C21H23F4N3O2S/c1-3-31-20-17(13(2)11-16(27-20)28-7-9-30-10-8-28)19(29)26-12-14-5-4-6-15(18(14)22)21(23,24)25/h4-6,11H,3,7-10,12H2,1-2H3,(H,26,29). The summed E-state index contributed by atoms with van der Waals surface area (Å²) in [5.74, 6) is -0.457. The van der Waals surface area contributed by atoms with E-state index in [0.717, 1.165) is 11.9 Å². The highest BCUT2D eigenvalue weighted by Gasteiger charge is 2.34. The second-order valence-electron chi connectivity index (χ2n) is 6.97. The fraction of sp³-hybridized carbons (Fsp3) is 0.429. The lowest BCUT2D eigenvalue weighted by atomic mass is 10.1. The van der Waals surface area contributed by atoms with Gasteiger partial charge in [-0.2, -0.15) is 13.2 Å². The number of aromatic nitrogens is 1. The minimum absolute atomic E-state index is 0.233. The Morgan fingerprint density at radius 3 is 2.65 bits per heavy atom. The molecule has 10 heteroatoms. The molecular weight excluding hydrogens is 434 g/mol. The predicted molar refractivity (Wildman–Crippen MR) is 111 cm³/mol. The highest BCUT2D eigenvalue weighted by molar-refractivity contribution is 7.99. The highest BCUT2D eigenvalue weighted by Crippen LogP contribution is 2.32. The first-order valence-corrected chi connectivity index (χ1v) is 10.8. The Kier molecular flexibility index (Phi) is 7.42. The van der Waals surface area contributed by atoms with Crippen LogP contribution in [0.1, 0.15) is 34.0 Å². The predicted octanol–water partition coefficient (Wildman–Crippen LogP) is 4.43. The van der Waals surface area contributed by atoms with Gasteiger partial charge in [0.25, 0.3) is 5.91 Å². The number of ether oxygens (including phenoxy) is 1. The van der Waals surface area contributed by atoms with Gasteiger partial charge >= 0.3 is 6.18 Å². The van der Waals surface area contributed by atoms with Crippen LogP contribution in [0.4, 0.5) is 23.4 Å². The van der Waals surface area contributed by atoms with Crippen molar-refractivity contribution in [3.63, 3.8) is 0 Å². The quantitative estimate of drug-likeness (QED) is 0.514. The Morgan fingerprint density at radius 2 is 2.00 bits per heavy atom. The van der Waals surface area contributed by atoms with E-state index >= 15 is 0 Å². The van der Waals surface area contributed by atoms with Crippen LogP contribution in [0, 0.1) is 12.7 Å². The van der Waals surface area contributed by atoms with Crippen molar-refractivity contribution in [1.82, 2.24) is 10.3 Å². The number of nitrogens with one attached hydrogen (secondary N) is 1.